The van der Waals surface area contributed by atoms with Crippen LogP contribution < -0.4 is 5.32 Å². The lowest BCUT2D eigenvalue weighted by atomic mass is 10.1. The quantitative estimate of drug-likeness (QED) is 0.519. The van der Waals surface area contributed by atoms with Gasteiger partial charge in [-0.1, -0.05) is 35.5 Å². The Morgan fingerprint density at radius 3 is 2.68 bits per heavy atom. The van der Waals surface area contributed by atoms with E-state index in [4.69, 9.17) is 11.6 Å². The second-order valence-electron chi connectivity index (χ2n) is 3.87. The van der Waals surface area contributed by atoms with E-state index in [1.165, 1.54) is 23.9 Å². The standard InChI is InChI=1S/C13H13ClFN3S/c1-19-13-17-11(14)8-12(18-13)16-7-6-9-2-4-10(15)5-3-9/h2-5,8H,6-7H2,1H3,(H,16,17,18). The van der Waals surface area contributed by atoms with Crippen LogP contribution in [0, 0.1) is 5.82 Å². The third kappa shape index (κ3) is 4.36. The largest absolute Gasteiger partial charge is 0.370 e. The molecule has 1 N–H and O–H groups in total. The maximum absolute atomic E-state index is 12.8. The predicted octanol–water partition coefficient (Wildman–Crippen LogP) is 3.65. The number of anilines is 1. The summed E-state index contributed by atoms with van der Waals surface area (Å²) in [6, 6.07) is 8.16. The highest BCUT2D eigenvalue weighted by atomic mass is 35.5. The molecule has 1 aromatic carbocycles. The van der Waals surface area contributed by atoms with Crippen LogP contribution in [0.3, 0.4) is 0 Å². The zero-order valence-corrected chi connectivity index (χ0v) is 11.9. The molecule has 0 saturated carbocycles. The van der Waals surface area contributed by atoms with E-state index in [2.05, 4.69) is 15.3 Å². The first-order chi connectivity index (χ1) is 9.17. The van der Waals surface area contributed by atoms with Crippen molar-refractivity contribution in [1.29, 1.82) is 0 Å². The van der Waals surface area contributed by atoms with E-state index in [9.17, 15) is 4.39 Å². The van der Waals surface area contributed by atoms with Crippen molar-refractivity contribution in [3.8, 4) is 0 Å². The summed E-state index contributed by atoms with van der Waals surface area (Å²) in [6.45, 7) is 0.701. The van der Waals surface area contributed by atoms with Gasteiger partial charge < -0.3 is 5.32 Å². The number of nitrogens with one attached hydrogen (secondary N) is 1. The Morgan fingerprint density at radius 2 is 2.00 bits per heavy atom. The van der Waals surface area contributed by atoms with E-state index in [1.807, 2.05) is 6.26 Å². The number of aromatic nitrogens is 2. The average Bonchev–Trinajstić information content (AvgIpc) is 2.40. The lowest BCUT2D eigenvalue weighted by Crippen LogP contribution is -2.07. The SMILES string of the molecule is CSc1nc(Cl)cc(NCCc2ccc(F)cc2)n1. The van der Waals surface area contributed by atoms with E-state index in [0.717, 1.165) is 12.0 Å². The predicted molar refractivity (Wildman–Crippen MR) is 77.4 cm³/mol. The molecule has 0 amide bonds. The minimum atomic E-state index is -0.219. The topological polar surface area (TPSA) is 37.8 Å². The highest BCUT2D eigenvalue weighted by molar-refractivity contribution is 7.98. The number of halogens is 2. The van der Waals surface area contributed by atoms with Gasteiger partial charge in [-0.3, -0.25) is 0 Å². The van der Waals surface area contributed by atoms with Crippen LogP contribution >= 0.6 is 23.4 Å². The summed E-state index contributed by atoms with van der Waals surface area (Å²) < 4.78 is 12.8. The highest BCUT2D eigenvalue weighted by Gasteiger charge is 2.02. The third-order valence-corrected chi connectivity index (χ3v) is 3.23. The molecule has 1 heterocycles. The number of rotatable bonds is 5. The summed E-state index contributed by atoms with van der Waals surface area (Å²) in [5.41, 5.74) is 1.07. The van der Waals surface area contributed by atoms with Crippen molar-refractivity contribution in [1.82, 2.24) is 9.97 Å². The number of nitrogens with zero attached hydrogens (tertiary/aromatic N) is 2. The molecule has 0 aliphatic rings. The summed E-state index contributed by atoms with van der Waals surface area (Å²) >= 11 is 7.34. The molecule has 6 heteroatoms. The monoisotopic (exact) mass is 297 g/mol. The molecule has 2 aromatic rings. The average molecular weight is 298 g/mol. The first kappa shape index (κ1) is 14.1. The Hall–Kier alpha value is -1.33. The van der Waals surface area contributed by atoms with E-state index >= 15 is 0 Å². The Balaban J connectivity index is 1.92. The van der Waals surface area contributed by atoms with Gasteiger partial charge in [0.2, 0.25) is 0 Å². The lowest BCUT2D eigenvalue weighted by molar-refractivity contribution is 0.627. The Morgan fingerprint density at radius 1 is 1.26 bits per heavy atom. The van der Waals surface area contributed by atoms with Crippen LogP contribution in [-0.2, 0) is 6.42 Å². The molecule has 1 aromatic heterocycles. The molecule has 100 valence electrons. The molecule has 0 radical (unpaired) electrons. The zero-order chi connectivity index (χ0) is 13.7. The van der Waals surface area contributed by atoms with Crippen LogP contribution in [0.4, 0.5) is 10.2 Å². The number of hydrogen-bond donors (Lipinski definition) is 1. The maximum Gasteiger partial charge on any atom is 0.190 e. The number of benzene rings is 1. The summed E-state index contributed by atoms with van der Waals surface area (Å²) in [5, 5.41) is 4.24. The molecule has 0 atom stereocenters. The zero-order valence-electron chi connectivity index (χ0n) is 10.4. The van der Waals surface area contributed by atoms with Crippen molar-refractivity contribution in [2.24, 2.45) is 0 Å². The third-order valence-electron chi connectivity index (χ3n) is 2.49. The van der Waals surface area contributed by atoms with Gasteiger partial charge >= 0.3 is 0 Å². The van der Waals surface area contributed by atoms with Gasteiger partial charge in [0.15, 0.2) is 5.16 Å². The number of hydrogen-bond acceptors (Lipinski definition) is 4. The van der Waals surface area contributed by atoms with Crippen LogP contribution in [-0.4, -0.2) is 22.8 Å². The van der Waals surface area contributed by atoms with Crippen molar-refractivity contribution >= 4 is 29.2 Å². The van der Waals surface area contributed by atoms with Gasteiger partial charge in [-0.15, -0.1) is 0 Å². The highest BCUT2D eigenvalue weighted by Crippen LogP contribution is 2.17. The molecular weight excluding hydrogens is 285 g/mol. The molecule has 0 aliphatic carbocycles. The van der Waals surface area contributed by atoms with Crippen molar-refractivity contribution < 1.29 is 4.39 Å². The fourth-order valence-electron chi connectivity index (χ4n) is 1.56. The minimum absolute atomic E-state index is 0.219. The van der Waals surface area contributed by atoms with Crippen LogP contribution in [0.15, 0.2) is 35.5 Å². The van der Waals surface area contributed by atoms with Crippen molar-refractivity contribution in [2.45, 2.75) is 11.6 Å². The molecule has 19 heavy (non-hydrogen) atoms. The van der Waals surface area contributed by atoms with Gasteiger partial charge in [0, 0.05) is 12.6 Å². The Bertz CT molecular complexity index is 548. The van der Waals surface area contributed by atoms with Crippen molar-refractivity contribution in [3.05, 3.63) is 46.9 Å². The van der Waals surface area contributed by atoms with E-state index in [1.54, 1.807) is 18.2 Å². The van der Waals surface area contributed by atoms with Gasteiger partial charge in [-0.2, -0.15) is 0 Å². The van der Waals surface area contributed by atoms with Crippen LogP contribution in [0.5, 0.6) is 0 Å². The first-order valence-corrected chi connectivity index (χ1v) is 7.34. The molecular formula is C13H13ClFN3S. The molecule has 0 saturated heterocycles. The Labute approximate surface area is 120 Å². The molecule has 2 rings (SSSR count). The smallest absolute Gasteiger partial charge is 0.190 e. The van der Waals surface area contributed by atoms with E-state index < -0.39 is 0 Å². The molecule has 0 spiro atoms. The molecule has 3 nitrogen and oxygen atoms in total. The second-order valence-corrected chi connectivity index (χ2v) is 5.03. The Kier molecular flexibility index (Phi) is 4.99. The van der Waals surface area contributed by atoms with Crippen molar-refractivity contribution in [3.63, 3.8) is 0 Å². The van der Waals surface area contributed by atoms with Gasteiger partial charge in [0.05, 0.1) is 0 Å². The first-order valence-electron chi connectivity index (χ1n) is 5.74. The van der Waals surface area contributed by atoms with Crippen LogP contribution in [0.2, 0.25) is 5.15 Å². The van der Waals surface area contributed by atoms with Gasteiger partial charge in [0.1, 0.15) is 16.8 Å². The molecule has 0 fully saturated rings. The summed E-state index contributed by atoms with van der Waals surface area (Å²) in [7, 11) is 0. The van der Waals surface area contributed by atoms with Gasteiger partial charge in [-0.05, 0) is 30.4 Å². The minimum Gasteiger partial charge on any atom is -0.370 e. The molecule has 0 bridgehead atoms. The molecule has 0 aliphatic heterocycles. The summed E-state index contributed by atoms with van der Waals surface area (Å²) in [6.07, 6.45) is 2.68. The van der Waals surface area contributed by atoms with Crippen LogP contribution in [0.1, 0.15) is 5.56 Å². The molecule has 0 unspecified atom stereocenters. The maximum atomic E-state index is 12.8. The normalized spacial score (nSPS) is 10.5. The number of thioether (sulfide) groups is 1. The van der Waals surface area contributed by atoms with Gasteiger partial charge in [0.25, 0.3) is 0 Å². The van der Waals surface area contributed by atoms with Crippen molar-refractivity contribution in [2.75, 3.05) is 18.1 Å². The van der Waals surface area contributed by atoms with Crippen LogP contribution in [0.25, 0.3) is 0 Å². The second kappa shape index (κ2) is 6.73. The van der Waals surface area contributed by atoms with Gasteiger partial charge in [-0.25, -0.2) is 14.4 Å². The lowest BCUT2D eigenvalue weighted by Gasteiger charge is -2.07. The fourth-order valence-corrected chi connectivity index (χ4v) is 2.18. The fraction of sp³-hybridized carbons (Fsp3) is 0.231. The van der Waals surface area contributed by atoms with E-state index in [0.29, 0.717) is 22.7 Å². The summed E-state index contributed by atoms with van der Waals surface area (Å²) in [4.78, 5) is 8.36. The summed E-state index contributed by atoms with van der Waals surface area (Å²) in [5.74, 6) is 0.482. The van der Waals surface area contributed by atoms with E-state index in [-0.39, 0.29) is 5.82 Å².